The van der Waals surface area contributed by atoms with Crippen molar-refractivity contribution in [2.24, 2.45) is 11.3 Å². The molecule has 0 aromatic heterocycles. The van der Waals surface area contributed by atoms with Crippen LogP contribution in [-0.4, -0.2) is 38.5 Å². The first-order chi connectivity index (χ1) is 14.8. The van der Waals surface area contributed by atoms with Gasteiger partial charge in [0.05, 0.1) is 26.9 Å². The summed E-state index contributed by atoms with van der Waals surface area (Å²) in [5.74, 6) is -2.29. The molecule has 1 fully saturated rings. The molecule has 0 amide bonds. The Balaban J connectivity index is 1.95. The minimum atomic E-state index is -1.63. The van der Waals surface area contributed by atoms with Crippen LogP contribution in [0.1, 0.15) is 46.0 Å². The molecule has 0 radical (unpaired) electrons. The van der Waals surface area contributed by atoms with Crippen LogP contribution in [0, 0.1) is 25.2 Å². The number of aryl methyl sites for hydroxylation is 2. The summed E-state index contributed by atoms with van der Waals surface area (Å²) in [5, 5.41) is 0. The molecule has 0 aliphatic carbocycles. The fourth-order valence-electron chi connectivity index (χ4n) is 4.15. The molecule has 1 aliphatic rings. The predicted octanol–water partition coefficient (Wildman–Crippen LogP) is 3.99. The smallest absolute Gasteiger partial charge is 0.323 e. The van der Waals surface area contributed by atoms with Crippen LogP contribution in [0.5, 0.6) is 0 Å². The van der Waals surface area contributed by atoms with Crippen LogP contribution in [0.3, 0.4) is 0 Å². The molecule has 1 saturated heterocycles. The van der Waals surface area contributed by atoms with E-state index in [1.807, 2.05) is 50.2 Å². The van der Waals surface area contributed by atoms with Crippen LogP contribution in [0.2, 0.25) is 0 Å². The van der Waals surface area contributed by atoms with Gasteiger partial charge >= 0.3 is 11.9 Å². The Morgan fingerprint density at radius 2 is 1.42 bits per heavy atom. The molecule has 2 atom stereocenters. The van der Waals surface area contributed by atoms with Crippen molar-refractivity contribution < 1.29 is 28.6 Å². The van der Waals surface area contributed by atoms with Gasteiger partial charge in [0, 0.05) is 24.3 Å². The number of ketones is 1. The van der Waals surface area contributed by atoms with Gasteiger partial charge in [-0.1, -0.05) is 59.7 Å². The lowest BCUT2D eigenvalue weighted by molar-refractivity contribution is -0.189. The molecular weight excluding hydrogens is 396 g/mol. The minimum absolute atomic E-state index is 0.0339. The first-order valence-electron chi connectivity index (χ1n) is 10.3. The number of carbonyl (C=O) groups is 3. The van der Waals surface area contributed by atoms with E-state index in [1.54, 1.807) is 12.1 Å². The topological polar surface area (TPSA) is 78.9 Å². The second-order valence-corrected chi connectivity index (χ2v) is 8.08. The molecule has 2 aromatic carbocycles. The number of hydrogen-bond acceptors (Lipinski definition) is 6. The van der Waals surface area contributed by atoms with Gasteiger partial charge in [0.25, 0.3) is 0 Å². The van der Waals surface area contributed by atoms with Gasteiger partial charge in [-0.15, -0.1) is 0 Å². The van der Waals surface area contributed by atoms with Crippen molar-refractivity contribution >= 4 is 17.7 Å². The first kappa shape index (κ1) is 22.7. The average molecular weight is 424 g/mol. The van der Waals surface area contributed by atoms with Crippen LogP contribution in [0.15, 0.2) is 48.5 Å². The highest BCUT2D eigenvalue weighted by atomic mass is 16.5. The summed E-state index contributed by atoms with van der Waals surface area (Å²) in [5.41, 5.74) is 1.88. The molecule has 6 heteroatoms. The van der Waals surface area contributed by atoms with Crippen LogP contribution < -0.4 is 0 Å². The van der Waals surface area contributed by atoms with E-state index >= 15 is 0 Å². The van der Waals surface area contributed by atoms with E-state index in [-0.39, 0.29) is 25.2 Å². The van der Waals surface area contributed by atoms with E-state index in [4.69, 9.17) is 14.2 Å². The summed E-state index contributed by atoms with van der Waals surface area (Å²) < 4.78 is 16.1. The number of carbonyl (C=O) groups excluding carboxylic acids is 3. The standard InChI is InChI=1S/C25H28O6/c1-16-5-9-18(10-6-16)21(26)13-20-15-31-22(19-11-7-17(2)8-12-19)14-25(20,23(27)29-3)24(28)30-4/h5-12,20,22H,13-15H2,1-4H3/t20-,22+/m1/s1. The second kappa shape index (κ2) is 9.43. The van der Waals surface area contributed by atoms with E-state index in [1.165, 1.54) is 14.2 Å². The average Bonchev–Trinajstić information content (AvgIpc) is 2.79. The van der Waals surface area contributed by atoms with Gasteiger partial charge in [0.1, 0.15) is 0 Å². The zero-order valence-electron chi connectivity index (χ0n) is 18.3. The van der Waals surface area contributed by atoms with Crippen LogP contribution in [-0.2, 0) is 23.8 Å². The second-order valence-electron chi connectivity index (χ2n) is 8.08. The van der Waals surface area contributed by atoms with Crippen LogP contribution in [0.4, 0.5) is 0 Å². The van der Waals surface area contributed by atoms with Crippen molar-refractivity contribution in [3.05, 3.63) is 70.8 Å². The lowest BCUT2D eigenvalue weighted by Crippen LogP contribution is -2.53. The van der Waals surface area contributed by atoms with Gasteiger partial charge in [-0.05, 0) is 19.4 Å². The Bertz CT molecular complexity index is 929. The highest BCUT2D eigenvalue weighted by molar-refractivity contribution is 6.02. The van der Waals surface area contributed by atoms with Gasteiger partial charge < -0.3 is 14.2 Å². The van der Waals surface area contributed by atoms with Crippen LogP contribution in [0.25, 0.3) is 0 Å². The SMILES string of the molecule is COC(=O)C1(C(=O)OC)C[C@@H](c2ccc(C)cc2)OC[C@H]1CC(=O)c1ccc(C)cc1. The molecule has 0 unspecified atom stereocenters. The van der Waals surface area contributed by atoms with Crippen molar-refractivity contribution in [2.45, 2.75) is 32.8 Å². The third-order valence-electron chi connectivity index (χ3n) is 6.06. The lowest BCUT2D eigenvalue weighted by Gasteiger charge is -2.42. The zero-order chi connectivity index (χ0) is 22.6. The highest BCUT2D eigenvalue weighted by Gasteiger charge is 2.58. The van der Waals surface area contributed by atoms with E-state index in [9.17, 15) is 14.4 Å². The summed E-state index contributed by atoms with van der Waals surface area (Å²) >= 11 is 0. The largest absolute Gasteiger partial charge is 0.468 e. The number of ether oxygens (including phenoxy) is 3. The molecule has 6 nitrogen and oxygen atoms in total. The third kappa shape index (κ3) is 4.54. The normalized spacial score (nSPS) is 20.0. The number of rotatable bonds is 6. The molecule has 164 valence electrons. The summed E-state index contributed by atoms with van der Waals surface area (Å²) in [6.07, 6.45) is -0.487. The fraction of sp³-hybridized carbons (Fsp3) is 0.400. The maximum absolute atomic E-state index is 13.0. The number of Topliss-reactive ketones (excluding diaryl/α,β-unsaturated/α-hetero) is 1. The number of methoxy groups -OCH3 is 2. The fourth-order valence-corrected chi connectivity index (χ4v) is 4.15. The summed E-state index contributed by atoms with van der Waals surface area (Å²) in [6, 6.07) is 14.9. The quantitative estimate of drug-likeness (QED) is 0.396. The Morgan fingerprint density at radius 1 is 0.903 bits per heavy atom. The zero-order valence-corrected chi connectivity index (χ0v) is 18.3. The van der Waals surface area contributed by atoms with E-state index in [0.717, 1.165) is 16.7 Å². The van der Waals surface area contributed by atoms with Gasteiger partial charge in [-0.25, -0.2) is 0 Å². The Kier molecular flexibility index (Phi) is 6.91. The van der Waals surface area contributed by atoms with Gasteiger partial charge in [0.15, 0.2) is 11.2 Å². The van der Waals surface area contributed by atoms with Crippen LogP contribution >= 0.6 is 0 Å². The molecular formula is C25H28O6. The summed E-state index contributed by atoms with van der Waals surface area (Å²) in [6.45, 7) is 3.97. The molecule has 0 bridgehead atoms. The maximum atomic E-state index is 13.0. The Labute approximate surface area is 182 Å². The molecule has 1 aliphatic heterocycles. The van der Waals surface area contributed by atoms with Gasteiger partial charge in [-0.2, -0.15) is 0 Å². The maximum Gasteiger partial charge on any atom is 0.323 e. The monoisotopic (exact) mass is 424 g/mol. The molecule has 0 N–H and O–H groups in total. The van der Waals surface area contributed by atoms with Crippen molar-refractivity contribution in [1.29, 1.82) is 0 Å². The van der Waals surface area contributed by atoms with Crippen molar-refractivity contribution in [2.75, 3.05) is 20.8 Å². The first-order valence-corrected chi connectivity index (χ1v) is 10.3. The molecule has 0 saturated carbocycles. The van der Waals surface area contributed by atoms with Crippen molar-refractivity contribution in [3.63, 3.8) is 0 Å². The Morgan fingerprint density at radius 3 is 1.94 bits per heavy atom. The third-order valence-corrected chi connectivity index (χ3v) is 6.06. The molecule has 31 heavy (non-hydrogen) atoms. The minimum Gasteiger partial charge on any atom is -0.468 e. The number of esters is 2. The molecule has 0 spiro atoms. The molecule has 3 rings (SSSR count). The highest BCUT2D eigenvalue weighted by Crippen LogP contribution is 2.47. The van der Waals surface area contributed by atoms with Gasteiger partial charge in [0.2, 0.25) is 0 Å². The van der Waals surface area contributed by atoms with E-state index in [0.29, 0.717) is 5.56 Å². The number of benzene rings is 2. The summed E-state index contributed by atoms with van der Waals surface area (Å²) in [7, 11) is 2.48. The Hall–Kier alpha value is -2.99. The number of hydrogen-bond donors (Lipinski definition) is 0. The van der Waals surface area contributed by atoms with Crippen molar-refractivity contribution in [3.8, 4) is 0 Å². The molecule has 2 aromatic rings. The van der Waals surface area contributed by atoms with E-state index in [2.05, 4.69) is 0 Å². The van der Waals surface area contributed by atoms with Crippen molar-refractivity contribution in [1.82, 2.24) is 0 Å². The predicted molar refractivity (Wildman–Crippen MR) is 115 cm³/mol. The molecule has 1 heterocycles. The summed E-state index contributed by atoms with van der Waals surface area (Å²) in [4.78, 5) is 39.0. The van der Waals surface area contributed by atoms with Gasteiger partial charge in [-0.3, -0.25) is 14.4 Å². The van der Waals surface area contributed by atoms with E-state index < -0.39 is 29.4 Å². The lowest BCUT2D eigenvalue weighted by atomic mass is 9.67.